The maximum absolute atomic E-state index is 12.7. The molecule has 6 rings (SSSR count). The van der Waals surface area contributed by atoms with E-state index < -0.39 is 11.7 Å². The topological polar surface area (TPSA) is 94.5 Å². The Kier molecular flexibility index (Phi) is 5.44. The van der Waals surface area contributed by atoms with Gasteiger partial charge in [-0.1, -0.05) is 6.92 Å². The summed E-state index contributed by atoms with van der Waals surface area (Å²) in [6, 6.07) is 0.130. The number of rotatable bonds is 6. The van der Waals surface area contributed by atoms with Gasteiger partial charge in [-0.3, -0.25) is 14.5 Å². The van der Waals surface area contributed by atoms with Crippen LogP contribution in [-0.2, 0) is 28.5 Å². The molecule has 0 aromatic carbocycles. The summed E-state index contributed by atoms with van der Waals surface area (Å²) in [4.78, 5) is 27.6. The molecule has 8 nitrogen and oxygen atoms in total. The average Bonchev–Trinajstić information content (AvgIpc) is 3.24. The smallest absolute Gasteiger partial charge is 0.303 e. The van der Waals surface area contributed by atoms with E-state index in [1.54, 1.807) is 14.2 Å². The number of carbonyl (C=O) groups is 2. The molecule has 5 aliphatic carbocycles. The summed E-state index contributed by atoms with van der Waals surface area (Å²) in [5.41, 5.74) is -1.12. The lowest BCUT2D eigenvalue weighted by atomic mass is 9.43. The molecular weight excluding hydrogens is 450 g/mol. The fourth-order valence-electron chi connectivity index (χ4n) is 11.1. The van der Waals surface area contributed by atoms with Gasteiger partial charge < -0.3 is 24.1 Å². The van der Waals surface area contributed by atoms with E-state index in [4.69, 9.17) is 18.9 Å². The van der Waals surface area contributed by atoms with Gasteiger partial charge in [-0.05, 0) is 44.1 Å². The minimum atomic E-state index is -0.770. The van der Waals surface area contributed by atoms with Crippen LogP contribution in [0.25, 0.3) is 0 Å². The van der Waals surface area contributed by atoms with E-state index in [9.17, 15) is 14.7 Å². The monoisotopic (exact) mass is 491 g/mol. The first-order chi connectivity index (χ1) is 16.7. The highest BCUT2D eigenvalue weighted by Crippen LogP contribution is 2.79. The molecule has 6 aliphatic rings. The Balaban J connectivity index is 1.59. The lowest BCUT2D eigenvalue weighted by molar-refractivity contribution is -0.278. The van der Waals surface area contributed by atoms with Gasteiger partial charge in [0, 0.05) is 75.7 Å². The third-order valence-electron chi connectivity index (χ3n) is 11.5. The number of aliphatic hydroxyl groups is 1. The number of esters is 2. The van der Waals surface area contributed by atoms with E-state index in [1.807, 2.05) is 0 Å². The standard InChI is InChI=1S/C27H41NO7/c1-6-28-12-25(13-32-4)8-7-21(31)27-17-9-16-19(33-5)11-26(35-15(3)30,18(24(27)28)10-20(25)27)22(17)23(16)34-14(2)29/h16-24,31H,6-13H2,1-5H3. The summed E-state index contributed by atoms with van der Waals surface area (Å²) in [6.45, 7) is 7.67. The van der Waals surface area contributed by atoms with Crippen molar-refractivity contribution in [3.63, 3.8) is 0 Å². The van der Waals surface area contributed by atoms with Gasteiger partial charge in [-0.2, -0.15) is 0 Å². The number of nitrogens with zero attached hydrogens (tertiary/aromatic N) is 1. The molecule has 5 saturated carbocycles. The molecule has 35 heavy (non-hydrogen) atoms. The Morgan fingerprint density at radius 2 is 1.89 bits per heavy atom. The molecule has 8 heteroatoms. The number of piperidine rings is 1. The zero-order chi connectivity index (χ0) is 24.9. The normalized spacial score (nSPS) is 53.4. The molecular formula is C27H41NO7. The molecule has 196 valence electrons. The van der Waals surface area contributed by atoms with E-state index in [2.05, 4.69) is 11.8 Å². The van der Waals surface area contributed by atoms with Crippen molar-refractivity contribution >= 4 is 11.9 Å². The lowest BCUT2D eigenvalue weighted by Gasteiger charge is -2.69. The van der Waals surface area contributed by atoms with Gasteiger partial charge in [-0.25, -0.2) is 0 Å². The van der Waals surface area contributed by atoms with Crippen LogP contribution < -0.4 is 0 Å². The Bertz CT molecular complexity index is 912. The van der Waals surface area contributed by atoms with Crippen LogP contribution in [0.2, 0.25) is 0 Å². The van der Waals surface area contributed by atoms with E-state index in [1.165, 1.54) is 13.8 Å². The second-order valence-corrected chi connectivity index (χ2v) is 12.4. The largest absolute Gasteiger partial charge is 0.462 e. The molecule has 0 aromatic heterocycles. The van der Waals surface area contributed by atoms with Gasteiger partial charge in [0.05, 0.1) is 18.8 Å². The molecule has 6 fully saturated rings. The number of carbonyl (C=O) groups excluding carboxylic acids is 2. The zero-order valence-electron chi connectivity index (χ0n) is 21.7. The second kappa shape index (κ2) is 7.89. The Hall–Kier alpha value is -1.22. The zero-order valence-corrected chi connectivity index (χ0v) is 21.7. The van der Waals surface area contributed by atoms with Crippen molar-refractivity contribution in [1.29, 1.82) is 0 Å². The summed E-state index contributed by atoms with van der Waals surface area (Å²) < 4.78 is 24.4. The van der Waals surface area contributed by atoms with Crippen molar-refractivity contribution < 1.29 is 33.6 Å². The molecule has 1 saturated heterocycles. The van der Waals surface area contributed by atoms with Crippen LogP contribution in [0.4, 0.5) is 0 Å². The van der Waals surface area contributed by atoms with Crippen LogP contribution in [0.15, 0.2) is 0 Å². The molecule has 12 unspecified atom stereocenters. The first kappa shape index (κ1) is 24.1. The van der Waals surface area contributed by atoms with Crippen LogP contribution in [0, 0.1) is 40.4 Å². The number of hydrogen-bond acceptors (Lipinski definition) is 8. The summed E-state index contributed by atoms with van der Waals surface area (Å²) in [7, 11) is 3.50. The predicted octanol–water partition coefficient (Wildman–Crippen LogP) is 2.02. The lowest BCUT2D eigenvalue weighted by Crippen LogP contribution is -2.76. The first-order valence-corrected chi connectivity index (χ1v) is 13.5. The maximum Gasteiger partial charge on any atom is 0.303 e. The minimum Gasteiger partial charge on any atom is -0.462 e. The quantitative estimate of drug-likeness (QED) is 0.564. The van der Waals surface area contributed by atoms with Crippen molar-refractivity contribution in [3.8, 4) is 0 Å². The van der Waals surface area contributed by atoms with Crippen molar-refractivity contribution in [2.45, 2.75) is 82.8 Å². The summed E-state index contributed by atoms with van der Waals surface area (Å²) in [5.74, 6) is -0.248. The number of aliphatic hydroxyl groups excluding tert-OH is 1. The number of hydrogen-bond donors (Lipinski definition) is 1. The predicted molar refractivity (Wildman–Crippen MR) is 125 cm³/mol. The van der Waals surface area contributed by atoms with Crippen molar-refractivity contribution in [2.24, 2.45) is 40.4 Å². The van der Waals surface area contributed by atoms with Crippen LogP contribution in [0.5, 0.6) is 0 Å². The van der Waals surface area contributed by atoms with Crippen LogP contribution >= 0.6 is 0 Å². The SMILES string of the molecule is CCN1CC2(COC)CCC(O)C34C5CC6C(OC)CC(OC(C)=O)(C(CC23)C14)C5C6OC(C)=O. The van der Waals surface area contributed by atoms with Crippen LogP contribution in [-0.4, -0.2) is 85.8 Å². The molecule has 1 aliphatic heterocycles. The van der Waals surface area contributed by atoms with Crippen molar-refractivity contribution in [2.75, 3.05) is 33.9 Å². The maximum atomic E-state index is 12.7. The van der Waals surface area contributed by atoms with Gasteiger partial charge in [0.25, 0.3) is 0 Å². The molecule has 1 heterocycles. The van der Waals surface area contributed by atoms with Crippen molar-refractivity contribution in [1.82, 2.24) is 4.90 Å². The highest BCUT2D eigenvalue weighted by Gasteiger charge is 2.85. The highest BCUT2D eigenvalue weighted by molar-refractivity contribution is 5.67. The molecule has 0 amide bonds. The number of likely N-dealkylation sites (tertiary alicyclic amines) is 1. The first-order valence-electron chi connectivity index (χ1n) is 13.5. The number of methoxy groups -OCH3 is 2. The highest BCUT2D eigenvalue weighted by atomic mass is 16.6. The van der Waals surface area contributed by atoms with Gasteiger partial charge in [0.1, 0.15) is 11.7 Å². The Labute approximate surface area is 208 Å². The van der Waals surface area contributed by atoms with E-state index in [0.717, 1.165) is 38.8 Å². The Morgan fingerprint density at radius 1 is 1.11 bits per heavy atom. The van der Waals surface area contributed by atoms with E-state index >= 15 is 0 Å². The summed E-state index contributed by atoms with van der Waals surface area (Å²) >= 11 is 0. The van der Waals surface area contributed by atoms with Gasteiger partial charge in [0.15, 0.2) is 0 Å². The fourth-order valence-corrected chi connectivity index (χ4v) is 11.1. The van der Waals surface area contributed by atoms with E-state index in [-0.39, 0.29) is 70.6 Å². The third kappa shape index (κ3) is 2.78. The molecule has 0 radical (unpaired) electrons. The molecule has 1 spiro atoms. The molecule has 0 aromatic rings. The minimum absolute atomic E-state index is 0.0268. The fraction of sp³-hybridized carbons (Fsp3) is 0.926. The van der Waals surface area contributed by atoms with E-state index in [0.29, 0.717) is 13.0 Å². The summed E-state index contributed by atoms with van der Waals surface area (Å²) in [6.07, 6.45) is 3.10. The van der Waals surface area contributed by atoms with Crippen LogP contribution in [0.1, 0.15) is 52.9 Å². The van der Waals surface area contributed by atoms with Gasteiger partial charge in [-0.15, -0.1) is 0 Å². The van der Waals surface area contributed by atoms with Crippen LogP contribution in [0.3, 0.4) is 0 Å². The summed E-state index contributed by atoms with van der Waals surface area (Å²) in [5, 5.41) is 12.0. The molecule has 1 N–H and O–H groups in total. The third-order valence-corrected chi connectivity index (χ3v) is 11.5. The average molecular weight is 492 g/mol. The van der Waals surface area contributed by atoms with Gasteiger partial charge >= 0.3 is 11.9 Å². The van der Waals surface area contributed by atoms with Gasteiger partial charge in [0.2, 0.25) is 0 Å². The molecule has 7 bridgehead atoms. The molecule has 12 atom stereocenters. The second-order valence-electron chi connectivity index (χ2n) is 12.4. The Morgan fingerprint density at radius 3 is 2.51 bits per heavy atom. The number of ether oxygens (including phenoxy) is 4. The number of fused-ring (bicyclic) bond motifs is 2. The van der Waals surface area contributed by atoms with Crippen molar-refractivity contribution in [3.05, 3.63) is 0 Å².